The van der Waals surface area contributed by atoms with Crippen molar-refractivity contribution < 1.29 is 9.53 Å². The molecule has 2 aromatic heterocycles. The van der Waals surface area contributed by atoms with Crippen molar-refractivity contribution in [3.63, 3.8) is 0 Å². The number of carbonyl (C=O) groups excluding carboxylic acids is 1. The summed E-state index contributed by atoms with van der Waals surface area (Å²) in [5.74, 6) is 0.956. The SMILES string of the molecule is C=CC(=O)N1CCC(n2nc(N3CCN(CCOC)CC3(C)C)c(-c3c(Cl)c(C)cc4[nH]ncc34)c2C)CC1. The molecule has 0 spiro atoms. The molecule has 0 aliphatic carbocycles. The Kier molecular flexibility index (Phi) is 7.77. The van der Waals surface area contributed by atoms with Crippen LogP contribution in [0.2, 0.25) is 5.02 Å². The summed E-state index contributed by atoms with van der Waals surface area (Å²) in [6, 6.07) is 2.25. The van der Waals surface area contributed by atoms with E-state index in [4.69, 9.17) is 21.4 Å². The lowest BCUT2D eigenvalue weighted by molar-refractivity contribution is -0.127. The van der Waals surface area contributed by atoms with E-state index < -0.39 is 0 Å². The highest BCUT2D eigenvalue weighted by Gasteiger charge is 2.39. The van der Waals surface area contributed by atoms with Gasteiger partial charge in [-0.3, -0.25) is 19.5 Å². The van der Waals surface area contributed by atoms with Crippen LogP contribution in [0, 0.1) is 13.8 Å². The molecule has 0 atom stereocenters. The van der Waals surface area contributed by atoms with Gasteiger partial charge in [-0.15, -0.1) is 0 Å². The number of benzene rings is 1. The zero-order chi connectivity index (χ0) is 27.9. The molecule has 10 heteroatoms. The van der Waals surface area contributed by atoms with Gasteiger partial charge in [-0.1, -0.05) is 18.2 Å². The number of fused-ring (bicyclic) bond motifs is 1. The fraction of sp³-hybridized carbons (Fsp3) is 0.552. The molecular weight excluding hydrogens is 514 g/mol. The first-order chi connectivity index (χ1) is 18.7. The second-order valence-corrected chi connectivity index (χ2v) is 11.8. The van der Waals surface area contributed by atoms with Crippen molar-refractivity contribution in [2.45, 2.75) is 52.1 Å². The lowest BCUT2D eigenvalue weighted by Gasteiger charge is -2.47. The molecular formula is C29H40ClN7O2. The maximum atomic E-state index is 12.2. The number of hydrogen-bond donors (Lipinski definition) is 1. The van der Waals surface area contributed by atoms with Crippen LogP contribution >= 0.6 is 11.6 Å². The van der Waals surface area contributed by atoms with Crippen LogP contribution in [-0.4, -0.2) is 94.2 Å². The van der Waals surface area contributed by atoms with E-state index in [0.717, 1.165) is 89.8 Å². The van der Waals surface area contributed by atoms with Crippen molar-refractivity contribution in [2.75, 3.05) is 57.9 Å². The number of carbonyl (C=O) groups is 1. The second kappa shape index (κ2) is 10.9. The fourth-order valence-corrected chi connectivity index (χ4v) is 6.56. The minimum Gasteiger partial charge on any atom is -0.383 e. The monoisotopic (exact) mass is 553 g/mol. The Balaban J connectivity index is 1.61. The molecule has 3 aromatic rings. The first-order valence-electron chi connectivity index (χ1n) is 13.8. The molecule has 39 heavy (non-hydrogen) atoms. The van der Waals surface area contributed by atoms with E-state index in [1.165, 1.54) is 6.08 Å². The Hall–Kier alpha value is -2.88. The molecule has 0 radical (unpaired) electrons. The van der Waals surface area contributed by atoms with Gasteiger partial charge in [-0.05, 0) is 58.2 Å². The largest absolute Gasteiger partial charge is 0.383 e. The zero-order valence-electron chi connectivity index (χ0n) is 23.8. The van der Waals surface area contributed by atoms with Gasteiger partial charge in [0.05, 0.1) is 29.4 Å². The van der Waals surface area contributed by atoms with Gasteiger partial charge in [0.2, 0.25) is 5.91 Å². The molecule has 1 N–H and O–H groups in total. The summed E-state index contributed by atoms with van der Waals surface area (Å²) in [4.78, 5) is 19.0. The van der Waals surface area contributed by atoms with E-state index in [9.17, 15) is 4.79 Å². The average molecular weight is 554 g/mol. The Labute approximate surface area is 235 Å². The summed E-state index contributed by atoms with van der Waals surface area (Å²) in [6.45, 7) is 18.1. The molecule has 0 bridgehead atoms. The van der Waals surface area contributed by atoms with Gasteiger partial charge in [0.25, 0.3) is 0 Å². The van der Waals surface area contributed by atoms with Gasteiger partial charge in [0.1, 0.15) is 0 Å². The van der Waals surface area contributed by atoms with Crippen LogP contribution in [0.5, 0.6) is 0 Å². The molecule has 1 amide bonds. The maximum Gasteiger partial charge on any atom is 0.245 e. The Morgan fingerprint density at radius 3 is 2.64 bits per heavy atom. The quantitative estimate of drug-likeness (QED) is 0.431. The van der Waals surface area contributed by atoms with Crippen LogP contribution in [0.1, 0.15) is 44.0 Å². The number of ether oxygens (including phenoxy) is 1. The van der Waals surface area contributed by atoms with Crippen molar-refractivity contribution in [3.05, 3.63) is 41.2 Å². The highest BCUT2D eigenvalue weighted by atomic mass is 35.5. The third-order valence-corrected chi connectivity index (χ3v) is 8.88. The van der Waals surface area contributed by atoms with Gasteiger partial charge in [0.15, 0.2) is 5.82 Å². The number of anilines is 1. The predicted molar refractivity (Wildman–Crippen MR) is 157 cm³/mol. The molecule has 4 heterocycles. The molecule has 2 aliphatic heterocycles. The molecule has 210 valence electrons. The number of halogens is 1. The highest BCUT2D eigenvalue weighted by molar-refractivity contribution is 6.36. The molecule has 2 saturated heterocycles. The lowest BCUT2D eigenvalue weighted by Crippen LogP contribution is -2.60. The number of likely N-dealkylation sites (tertiary alicyclic amines) is 1. The first kappa shape index (κ1) is 27.7. The number of aromatic nitrogens is 4. The van der Waals surface area contributed by atoms with E-state index in [2.05, 4.69) is 58.1 Å². The molecule has 0 unspecified atom stereocenters. The zero-order valence-corrected chi connectivity index (χ0v) is 24.5. The van der Waals surface area contributed by atoms with Crippen LogP contribution in [0.4, 0.5) is 5.82 Å². The number of nitrogens with zero attached hydrogens (tertiary/aromatic N) is 6. The number of amides is 1. The Morgan fingerprint density at radius 2 is 1.97 bits per heavy atom. The van der Waals surface area contributed by atoms with Crippen molar-refractivity contribution in [2.24, 2.45) is 0 Å². The summed E-state index contributed by atoms with van der Waals surface area (Å²) in [6.07, 6.45) is 4.96. The van der Waals surface area contributed by atoms with E-state index in [1.54, 1.807) is 7.11 Å². The fourth-order valence-electron chi connectivity index (χ4n) is 6.31. The van der Waals surface area contributed by atoms with E-state index >= 15 is 0 Å². The van der Waals surface area contributed by atoms with Crippen LogP contribution in [0.3, 0.4) is 0 Å². The van der Waals surface area contributed by atoms with Crippen molar-refractivity contribution in [1.29, 1.82) is 0 Å². The molecule has 2 fully saturated rings. The number of rotatable bonds is 7. The number of H-pyrrole nitrogens is 1. The summed E-state index contributed by atoms with van der Waals surface area (Å²) >= 11 is 7.09. The second-order valence-electron chi connectivity index (χ2n) is 11.4. The summed E-state index contributed by atoms with van der Waals surface area (Å²) in [5, 5.41) is 14.6. The number of piperidine rings is 1. The third-order valence-electron chi connectivity index (χ3n) is 8.39. The van der Waals surface area contributed by atoms with Crippen molar-refractivity contribution in [1.82, 2.24) is 29.8 Å². The Bertz CT molecular complexity index is 1370. The smallest absolute Gasteiger partial charge is 0.245 e. The number of nitrogens with one attached hydrogen (secondary N) is 1. The summed E-state index contributed by atoms with van der Waals surface area (Å²) < 4.78 is 7.54. The summed E-state index contributed by atoms with van der Waals surface area (Å²) in [7, 11) is 1.75. The van der Waals surface area contributed by atoms with Crippen LogP contribution < -0.4 is 4.90 Å². The van der Waals surface area contributed by atoms with Crippen LogP contribution in [0.25, 0.3) is 22.0 Å². The standard InChI is InChI=1S/C29H40ClN7O2/c1-7-24(38)35-10-8-21(9-11-35)37-20(3)25(26-22-17-31-32-23(22)16-19(2)27(26)30)28(33-37)36-13-12-34(14-15-39-6)18-29(36,4)5/h7,16-17,21H,1,8-15,18H2,2-6H3,(H,31,32). The van der Waals surface area contributed by atoms with Gasteiger partial charge in [-0.25, -0.2) is 0 Å². The lowest BCUT2D eigenvalue weighted by atomic mass is 9.94. The van der Waals surface area contributed by atoms with E-state index in [1.807, 2.05) is 18.0 Å². The van der Waals surface area contributed by atoms with Gasteiger partial charge < -0.3 is 14.5 Å². The number of piperazine rings is 1. The molecule has 2 aliphatic rings. The minimum absolute atomic E-state index is 0.00555. The maximum absolute atomic E-state index is 12.2. The number of hydrogen-bond acceptors (Lipinski definition) is 6. The molecule has 5 rings (SSSR count). The van der Waals surface area contributed by atoms with Crippen molar-refractivity contribution >= 4 is 34.2 Å². The van der Waals surface area contributed by atoms with Crippen LogP contribution in [-0.2, 0) is 9.53 Å². The van der Waals surface area contributed by atoms with Gasteiger partial charge in [0, 0.05) is 74.1 Å². The topological polar surface area (TPSA) is 82.5 Å². The average Bonchev–Trinajstić information content (AvgIpc) is 3.51. The van der Waals surface area contributed by atoms with Gasteiger partial charge >= 0.3 is 0 Å². The highest BCUT2D eigenvalue weighted by Crippen LogP contribution is 2.46. The third kappa shape index (κ3) is 5.08. The van der Waals surface area contributed by atoms with Crippen LogP contribution in [0.15, 0.2) is 24.9 Å². The molecule has 0 saturated carbocycles. The molecule has 9 nitrogen and oxygen atoms in total. The number of aryl methyl sites for hydroxylation is 1. The normalized spacial score (nSPS) is 18.7. The number of methoxy groups -OCH3 is 1. The predicted octanol–water partition coefficient (Wildman–Crippen LogP) is 4.59. The Morgan fingerprint density at radius 1 is 1.23 bits per heavy atom. The minimum atomic E-state index is -0.155. The van der Waals surface area contributed by atoms with Gasteiger partial charge in [-0.2, -0.15) is 10.2 Å². The van der Waals surface area contributed by atoms with Crippen molar-refractivity contribution in [3.8, 4) is 11.1 Å². The number of aromatic amines is 1. The van der Waals surface area contributed by atoms with E-state index in [-0.39, 0.29) is 17.5 Å². The van der Waals surface area contributed by atoms with E-state index in [0.29, 0.717) is 13.1 Å². The summed E-state index contributed by atoms with van der Waals surface area (Å²) in [5.41, 5.74) is 4.95. The molecule has 1 aromatic carbocycles. The first-order valence-corrected chi connectivity index (χ1v) is 14.2.